The summed E-state index contributed by atoms with van der Waals surface area (Å²) < 4.78 is 1.29. The van der Waals surface area contributed by atoms with Gasteiger partial charge in [-0.05, 0) is 37.2 Å². The highest BCUT2D eigenvalue weighted by Gasteiger charge is 2.13. The Balaban J connectivity index is 2.00. The fourth-order valence-corrected chi connectivity index (χ4v) is 4.28. The Kier molecular flexibility index (Phi) is 4.47. The minimum atomic E-state index is -0.340. The molecule has 3 aromatic heterocycles. The van der Waals surface area contributed by atoms with Crippen LogP contribution < -0.4 is 11.0 Å². The number of thiophene rings is 2. The molecule has 3 heterocycles. The van der Waals surface area contributed by atoms with Crippen molar-refractivity contribution in [2.24, 2.45) is 0 Å². The Morgan fingerprint density at radius 3 is 2.70 bits per heavy atom. The van der Waals surface area contributed by atoms with E-state index in [9.17, 15) is 9.59 Å². The number of rotatable bonds is 4. The molecule has 2 N–H and O–H groups in total. The van der Waals surface area contributed by atoms with Crippen LogP contribution in [0.1, 0.15) is 34.0 Å². The van der Waals surface area contributed by atoms with Gasteiger partial charge in [0.25, 0.3) is 11.5 Å². The van der Waals surface area contributed by atoms with Crippen molar-refractivity contribution in [1.29, 1.82) is 0 Å². The molecule has 0 aliphatic rings. The highest BCUT2D eigenvalue weighted by molar-refractivity contribution is 7.71. The fraction of sp³-hybridized carbons (Fsp3) is 0.267. The number of fused-ring (bicyclic) bond motifs is 1. The number of hydrogen-bond donors (Lipinski definition) is 2. The Labute approximate surface area is 145 Å². The van der Waals surface area contributed by atoms with Crippen LogP contribution in [0.15, 0.2) is 22.3 Å². The molecule has 3 aromatic rings. The number of aromatic nitrogens is 2. The lowest BCUT2D eigenvalue weighted by Crippen LogP contribution is -2.34. The second kappa shape index (κ2) is 6.38. The van der Waals surface area contributed by atoms with Gasteiger partial charge in [0.05, 0.1) is 10.9 Å². The average Bonchev–Trinajstić information content (AvgIpc) is 3.17. The monoisotopic (exact) mass is 365 g/mol. The van der Waals surface area contributed by atoms with Crippen LogP contribution in [0, 0.1) is 4.77 Å². The van der Waals surface area contributed by atoms with E-state index in [0.717, 1.165) is 32.1 Å². The summed E-state index contributed by atoms with van der Waals surface area (Å²) in [5.41, 5.74) is 2.82. The van der Waals surface area contributed by atoms with Crippen molar-refractivity contribution in [2.45, 2.75) is 26.7 Å². The molecule has 0 bridgehead atoms. The van der Waals surface area contributed by atoms with Gasteiger partial charge in [-0.1, -0.05) is 13.8 Å². The number of H-pyrrole nitrogens is 1. The van der Waals surface area contributed by atoms with Crippen LogP contribution >= 0.6 is 34.9 Å². The van der Waals surface area contributed by atoms with Crippen LogP contribution in [0.5, 0.6) is 0 Å². The minimum Gasteiger partial charge on any atom is -0.322 e. The van der Waals surface area contributed by atoms with E-state index in [1.807, 2.05) is 26.0 Å². The van der Waals surface area contributed by atoms with Gasteiger partial charge in [0.1, 0.15) is 4.83 Å². The van der Waals surface area contributed by atoms with Crippen molar-refractivity contribution in [2.75, 3.05) is 5.43 Å². The summed E-state index contributed by atoms with van der Waals surface area (Å²) >= 11 is 8.25. The molecule has 0 aliphatic heterocycles. The first-order chi connectivity index (χ1) is 11.0. The maximum atomic E-state index is 12.6. The summed E-state index contributed by atoms with van der Waals surface area (Å²) in [6, 6.07) is 3.67. The molecule has 0 aliphatic carbocycles. The van der Waals surface area contributed by atoms with Crippen LogP contribution in [-0.4, -0.2) is 15.6 Å². The molecule has 120 valence electrons. The van der Waals surface area contributed by atoms with Gasteiger partial charge in [0.2, 0.25) is 4.77 Å². The molecule has 1 amide bonds. The summed E-state index contributed by atoms with van der Waals surface area (Å²) in [6.45, 7) is 4.06. The highest BCUT2D eigenvalue weighted by atomic mass is 32.1. The van der Waals surface area contributed by atoms with Crippen LogP contribution in [0.2, 0.25) is 0 Å². The number of nitrogens with one attached hydrogen (secondary N) is 2. The van der Waals surface area contributed by atoms with E-state index in [-0.39, 0.29) is 16.2 Å². The second-order valence-electron chi connectivity index (χ2n) is 4.98. The zero-order valence-electron chi connectivity index (χ0n) is 12.6. The number of aromatic amines is 1. The summed E-state index contributed by atoms with van der Waals surface area (Å²) in [6.07, 6.45) is 1.72. The van der Waals surface area contributed by atoms with E-state index in [2.05, 4.69) is 10.4 Å². The molecule has 3 rings (SSSR count). The Morgan fingerprint density at radius 1 is 1.30 bits per heavy atom. The lowest BCUT2D eigenvalue weighted by atomic mass is 10.3. The normalized spacial score (nSPS) is 11.0. The molecule has 0 aromatic carbocycles. The molecular weight excluding hydrogens is 350 g/mol. The summed E-state index contributed by atoms with van der Waals surface area (Å²) in [5.74, 6) is -0.340. The first kappa shape index (κ1) is 16.1. The van der Waals surface area contributed by atoms with E-state index >= 15 is 0 Å². The molecule has 0 atom stereocenters. The molecule has 0 saturated heterocycles. The number of carbonyl (C=O) groups excluding carboxylic acids is 1. The first-order valence-corrected chi connectivity index (χ1v) is 9.30. The number of aryl methyl sites for hydroxylation is 2. The van der Waals surface area contributed by atoms with Crippen molar-refractivity contribution >= 4 is 51.0 Å². The topological polar surface area (TPSA) is 66.9 Å². The number of carbonyl (C=O) groups is 1. The van der Waals surface area contributed by atoms with Crippen LogP contribution in [-0.2, 0) is 12.8 Å². The maximum Gasteiger partial charge on any atom is 0.282 e. The number of hydrogen-bond acceptors (Lipinski definition) is 5. The number of nitrogens with zero attached hydrogens (tertiary/aromatic N) is 1. The van der Waals surface area contributed by atoms with Gasteiger partial charge >= 0.3 is 0 Å². The van der Waals surface area contributed by atoms with Crippen LogP contribution in [0.4, 0.5) is 0 Å². The minimum absolute atomic E-state index is 0.186. The molecule has 0 fully saturated rings. The van der Waals surface area contributed by atoms with Gasteiger partial charge in [-0.2, -0.15) is 4.68 Å². The molecule has 5 nitrogen and oxygen atoms in total. The molecular formula is C15H15N3O2S3. The summed E-state index contributed by atoms with van der Waals surface area (Å²) in [4.78, 5) is 30.9. The van der Waals surface area contributed by atoms with Crippen LogP contribution in [0.25, 0.3) is 10.2 Å². The third-order valence-electron chi connectivity index (χ3n) is 3.47. The zero-order valence-corrected chi connectivity index (χ0v) is 15.1. The van der Waals surface area contributed by atoms with Crippen molar-refractivity contribution in [3.8, 4) is 0 Å². The third kappa shape index (κ3) is 3.01. The zero-order chi connectivity index (χ0) is 16.6. The van der Waals surface area contributed by atoms with Crippen LogP contribution in [0.3, 0.4) is 0 Å². The summed E-state index contributed by atoms with van der Waals surface area (Å²) in [5, 5.41) is 2.32. The number of amides is 1. The Hall–Kier alpha value is -1.77. The first-order valence-electron chi connectivity index (χ1n) is 7.20. The van der Waals surface area contributed by atoms with E-state index in [1.165, 1.54) is 22.7 Å². The molecule has 0 unspecified atom stereocenters. The maximum absolute atomic E-state index is 12.6. The van der Waals surface area contributed by atoms with E-state index < -0.39 is 0 Å². The standard InChI is InChI=1S/C15H15N3O2S3/c1-3-9-5-8(7-22-9)12(19)17-18-14(20)11-6-10(4-2)23-13(11)16-15(18)21/h5-7H,3-4H2,1-2H3,(H,16,21)(H,17,19). The van der Waals surface area contributed by atoms with E-state index in [1.54, 1.807) is 5.38 Å². The molecule has 0 saturated carbocycles. The van der Waals surface area contributed by atoms with Gasteiger partial charge in [0.15, 0.2) is 0 Å². The smallest absolute Gasteiger partial charge is 0.282 e. The second-order valence-corrected chi connectivity index (χ2v) is 7.50. The highest BCUT2D eigenvalue weighted by Crippen LogP contribution is 2.21. The van der Waals surface area contributed by atoms with Gasteiger partial charge in [-0.25, -0.2) is 0 Å². The molecule has 8 heteroatoms. The quantitative estimate of drug-likeness (QED) is 0.693. The summed E-state index contributed by atoms with van der Waals surface area (Å²) in [7, 11) is 0. The van der Waals surface area contributed by atoms with E-state index in [0.29, 0.717) is 10.9 Å². The Bertz CT molecular complexity index is 993. The van der Waals surface area contributed by atoms with Crippen molar-refractivity contribution < 1.29 is 4.79 Å². The van der Waals surface area contributed by atoms with Gasteiger partial charge in [-0.3, -0.25) is 15.0 Å². The lowest BCUT2D eigenvalue weighted by molar-refractivity contribution is 0.101. The predicted molar refractivity (Wildman–Crippen MR) is 98.0 cm³/mol. The van der Waals surface area contributed by atoms with Crippen molar-refractivity contribution in [3.05, 3.63) is 48.0 Å². The fourth-order valence-electron chi connectivity index (χ4n) is 2.19. The van der Waals surface area contributed by atoms with Gasteiger partial charge < -0.3 is 4.98 Å². The lowest BCUT2D eigenvalue weighted by Gasteiger charge is -2.07. The average molecular weight is 366 g/mol. The molecule has 0 radical (unpaired) electrons. The SMILES string of the molecule is CCc1cc(C(=O)Nn2c(=S)[nH]c3sc(CC)cc3c2=O)cs1. The Morgan fingerprint density at radius 2 is 2.04 bits per heavy atom. The van der Waals surface area contributed by atoms with Gasteiger partial charge in [0, 0.05) is 15.1 Å². The van der Waals surface area contributed by atoms with Crippen molar-refractivity contribution in [1.82, 2.24) is 9.66 Å². The predicted octanol–water partition coefficient (Wildman–Crippen LogP) is 3.69. The largest absolute Gasteiger partial charge is 0.322 e. The van der Waals surface area contributed by atoms with E-state index in [4.69, 9.17) is 12.2 Å². The molecule has 0 spiro atoms. The molecule has 23 heavy (non-hydrogen) atoms. The van der Waals surface area contributed by atoms with Crippen molar-refractivity contribution in [3.63, 3.8) is 0 Å². The third-order valence-corrected chi connectivity index (χ3v) is 6.03. The van der Waals surface area contributed by atoms with Gasteiger partial charge in [-0.15, -0.1) is 22.7 Å².